The van der Waals surface area contributed by atoms with Gasteiger partial charge in [-0.15, -0.1) is 0 Å². The van der Waals surface area contributed by atoms with E-state index < -0.39 is 0 Å². The van der Waals surface area contributed by atoms with Gasteiger partial charge in [0.2, 0.25) is 0 Å². The van der Waals surface area contributed by atoms with E-state index >= 15 is 0 Å². The molecule has 1 heterocycles. The fraction of sp³-hybridized carbons (Fsp3) is 0.733. The fourth-order valence-electron chi connectivity index (χ4n) is 2.97. The van der Waals surface area contributed by atoms with E-state index in [2.05, 4.69) is 20.8 Å². The molecule has 18 heavy (non-hydrogen) atoms. The molecule has 0 spiro atoms. The molecule has 0 atom stereocenters. The SMILES string of the molecule is Cc1nc(C2CCC(C)CC2)nc(C)c1CCN. The monoisotopic (exact) mass is 247 g/mol. The lowest BCUT2D eigenvalue weighted by Gasteiger charge is -2.25. The first-order valence-corrected chi connectivity index (χ1v) is 7.16. The molecular formula is C15H25N3. The highest BCUT2D eigenvalue weighted by molar-refractivity contribution is 5.25. The van der Waals surface area contributed by atoms with Crippen molar-refractivity contribution in [2.24, 2.45) is 11.7 Å². The predicted octanol–water partition coefficient (Wildman–Crippen LogP) is 2.89. The van der Waals surface area contributed by atoms with Crippen LogP contribution in [0.4, 0.5) is 0 Å². The van der Waals surface area contributed by atoms with Crippen molar-refractivity contribution in [2.75, 3.05) is 6.54 Å². The van der Waals surface area contributed by atoms with Gasteiger partial charge in [-0.25, -0.2) is 9.97 Å². The van der Waals surface area contributed by atoms with E-state index in [9.17, 15) is 0 Å². The number of nitrogens with zero attached hydrogens (tertiary/aromatic N) is 2. The van der Waals surface area contributed by atoms with Crippen LogP contribution in [0.3, 0.4) is 0 Å². The molecule has 0 aliphatic heterocycles. The van der Waals surface area contributed by atoms with Gasteiger partial charge in [0.25, 0.3) is 0 Å². The molecule has 3 heteroatoms. The van der Waals surface area contributed by atoms with Crippen molar-refractivity contribution in [1.29, 1.82) is 0 Å². The van der Waals surface area contributed by atoms with Gasteiger partial charge in [0.1, 0.15) is 5.82 Å². The average Bonchev–Trinajstić information content (AvgIpc) is 2.34. The number of aromatic nitrogens is 2. The van der Waals surface area contributed by atoms with E-state index in [-0.39, 0.29) is 0 Å². The Bertz CT molecular complexity index is 383. The minimum absolute atomic E-state index is 0.575. The first-order valence-electron chi connectivity index (χ1n) is 7.16. The standard InChI is InChI=1S/C15H25N3/c1-10-4-6-13(7-5-10)15-17-11(2)14(8-9-16)12(3)18-15/h10,13H,4-9,16H2,1-3H3. The lowest BCUT2D eigenvalue weighted by molar-refractivity contribution is 0.339. The van der Waals surface area contributed by atoms with Gasteiger partial charge in [-0.2, -0.15) is 0 Å². The second kappa shape index (κ2) is 5.79. The minimum atomic E-state index is 0.575. The van der Waals surface area contributed by atoms with E-state index in [0.29, 0.717) is 12.5 Å². The average molecular weight is 247 g/mol. The number of hydrogen-bond acceptors (Lipinski definition) is 3. The van der Waals surface area contributed by atoms with E-state index in [1.165, 1.54) is 31.2 Å². The Morgan fingerprint density at radius 1 is 1.06 bits per heavy atom. The first-order chi connectivity index (χ1) is 8.61. The van der Waals surface area contributed by atoms with Crippen LogP contribution < -0.4 is 5.73 Å². The third-order valence-corrected chi connectivity index (χ3v) is 4.21. The molecular weight excluding hydrogens is 222 g/mol. The van der Waals surface area contributed by atoms with Gasteiger partial charge in [-0.05, 0) is 51.1 Å². The topological polar surface area (TPSA) is 51.8 Å². The van der Waals surface area contributed by atoms with Crippen molar-refractivity contribution in [1.82, 2.24) is 9.97 Å². The molecule has 1 aromatic heterocycles. The van der Waals surface area contributed by atoms with Crippen LogP contribution in [0.1, 0.15) is 61.3 Å². The molecule has 0 saturated heterocycles. The van der Waals surface area contributed by atoms with Gasteiger partial charge in [-0.1, -0.05) is 19.8 Å². The smallest absolute Gasteiger partial charge is 0.131 e. The van der Waals surface area contributed by atoms with Crippen molar-refractivity contribution in [3.05, 3.63) is 22.8 Å². The highest BCUT2D eigenvalue weighted by Gasteiger charge is 2.22. The molecule has 1 aliphatic carbocycles. The van der Waals surface area contributed by atoms with Crippen molar-refractivity contribution in [3.63, 3.8) is 0 Å². The second-order valence-electron chi connectivity index (χ2n) is 5.73. The maximum atomic E-state index is 5.64. The molecule has 0 amide bonds. The number of aryl methyl sites for hydroxylation is 2. The highest BCUT2D eigenvalue weighted by Crippen LogP contribution is 2.34. The van der Waals surface area contributed by atoms with E-state index in [0.717, 1.165) is 29.6 Å². The molecule has 1 fully saturated rings. The van der Waals surface area contributed by atoms with Crippen LogP contribution in [0.15, 0.2) is 0 Å². The Kier molecular flexibility index (Phi) is 4.33. The summed E-state index contributed by atoms with van der Waals surface area (Å²) in [5, 5.41) is 0. The van der Waals surface area contributed by atoms with Crippen molar-refractivity contribution in [3.8, 4) is 0 Å². The molecule has 1 saturated carbocycles. The summed E-state index contributed by atoms with van der Waals surface area (Å²) in [6.07, 6.45) is 6.01. The summed E-state index contributed by atoms with van der Waals surface area (Å²) in [5.41, 5.74) is 9.13. The van der Waals surface area contributed by atoms with E-state index in [1.807, 2.05) is 0 Å². The van der Waals surface area contributed by atoms with Crippen LogP contribution in [0.2, 0.25) is 0 Å². The summed E-state index contributed by atoms with van der Waals surface area (Å²) in [4.78, 5) is 9.47. The Labute approximate surface area is 110 Å². The number of rotatable bonds is 3. The van der Waals surface area contributed by atoms with Gasteiger partial charge in [0.05, 0.1) is 0 Å². The Hall–Kier alpha value is -0.960. The maximum absolute atomic E-state index is 5.64. The Balaban J connectivity index is 2.19. The van der Waals surface area contributed by atoms with Gasteiger partial charge >= 0.3 is 0 Å². The summed E-state index contributed by atoms with van der Waals surface area (Å²) in [7, 11) is 0. The molecule has 2 rings (SSSR count). The van der Waals surface area contributed by atoms with Crippen LogP contribution in [0, 0.1) is 19.8 Å². The fourth-order valence-corrected chi connectivity index (χ4v) is 2.97. The molecule has 2 N–H and O–H groups in total. The van der Waals surface area contributed by atoms with Crippen LogP contribution >= 0.6 is 0 Å². The van der Waals surface area contributed by atoms with Gasteiger partial charge in [0.15, 0.2) is 0 Å². The Morgan fingerprint density at radius 3 is 2.11 bits per heavy atom. The summed E-state index contributed by atoms with van der Waals surface area (Å²) >= 11 is 0. The zero-order chi connectivity index (χ0) is 13.1. The lowest BCUT2D eigenvalue weighted by Crippen LogP contribution is -2.16. The normalized spacial score (nSPS) is 24.2. The molecule has 1 aliphatic rings. The largest absolute Gasteiger partial charge is 0.330 e. The van der Waals surface area contributed by atoms with Crippen LogP contribution in [-0.4, -0.2) is 16.5 Å². The third-order valence-electron chi connectivity index (χ3n) is 4.21. The lowest BCUT2D eigenvalue weighted by atomic mass is 9.82. The number of hydrogen-bond donors (Lipinski definition) is 1. The van der Waals surface area contributed by atoms with Crippen molar-refractivity contribution in [2.45, 2.75) is 58.8 Å². The zero-order valence-electron chi connectivity index (χ0n) is 11.9. The molecule has 3 nitrogen and oxygen atoms in total. The van der Waals surface area contributed by atoms with Crippen LogP contribution in [0.25, 0.3) is 0 Å². The summed E-state index contributed by atoms with van der Waals surface area (Å²) in [6.45, 7) is 7.20. The zero-order valence-corrected chi connectivity index (χ0v) is 11.9. The molecule has 0 radical (unpaired) electrons. The molecule has 100 valence electrons. The van der Waals surface area contributed by atoms with Crippen molar-refractivity contribution < 1.29 is 0 Å². The quantitative estimate of drug-likeness (QED) is 0.893. The maximum Gasteiger partial charge on any atom is 0.131 e. The van der Waals surface area contributed by atoms with Crippen LogP contribution in [-0.2, 0) is 6.42 Å². The first kappa shape index (κ1) is 13.5. The second-order valence-corrected chi connectivity index (χ2v) is 5.73. The molecule has 0 bridgehead atoms. The summed E-state index contributed by atoms with van der Waals surface area (Å²) < 4.78 is 0. The van der Waals surface area contributed by atoms with Crippen LogP contribution in [0.5, 0.6) is 0 Å². The van der Waals surface area contributed by atoms with Gasteiger partial charge in [0, 0.05) is 17.3 Å². The predicted molar refractivity (Wildman–Crippen MR) is 74.6 cm³/mol. The van der Waals surface area contributed by atoms with Crippen molar-refractivity contribution >= 4 is 0 Å². The molecule has 0 aromatic carbocycles. The number of nitrogens with two attached hydrogens (primary N) is 1. The third kappa shape index (κ3) is 2.89. The van der Waals surface area contributed by atoms with Gasteiger partial charge in [-0.3, -0.25) is 0 Å². The van der Waals surface area contributed by atoms with E-state index in [4.69, 9.17) is 15.7 Å². The summed E-state index contributed by atoms with van der Waals surface area (Å²) in [5.74, 6) is 2.52. The summed E-state index contributed by atoms with van der Waals surface area (Å²) in [6, 6.07) is 0. The minimum Gasteiger partial charge on any atom is -0.330 e. The highest BCUT2D eigenvalue weighted by atomic mass is 14.9. The molecule has 1 aromatic rings. The van der Waals surface area contributed by atoms with E-state index in [1.54, 1.807) is 0 Å². The van der Waals surface area contributed by atoms with Gasteiger partial charge < -0.3 is 5.73 Å². The molecule has 0 unspecified atom stereocenters. The Morgan fingerprint density at radius 2 is 1.61 bits per heavy atom.